The second-order valence-electron chi connectivity index (χ2n) is 4.37. The lowest BCUT2D eigenvalue weighted by molar-refractivity contribution is -0.149. The van der Waals surface area contributed by atoms with E-state index in [0.29, 0.717) is 18.4 Å². The number of carbonyl (C=O) groups is 2. The molecule has 0 bridgehead atoms. The lowest BCUT2D eigenvalue weighted by Crippen LogP contribution is -2.33. The third-order valence-electron chi connectivity index (χ3n) is 2.90. The van der Waals surface area contributed by atoms with Gasteiger partial charge in [-0.2, -0.15) is 0 Å². The van der Waals surface area contributed by atoms with Crippen molar-refractivity contribution < 1.29 is 19.4 Å². The molecule has 2 atom stereocenters. The Morgan fingerprint density at radius 1 is 1.35 bits per heavy atom. The molecule has 0 saturated carbocycles. The molecular weight excluding hydrogens is 307 g/mol. The van der Waals surface area contributed by atoms with Crippen LogP contribution in [-0.4, -0.2) is 40.7 Å². The van der Waals surface area contributed by atoms with Crippen molar-refractivity contribution in [1.82, 2.24) is 10.3 Å². The number of carbonyl (C=O) groups excluding carboxylic acids is 1. The molecule has 1 aliphatic rings. The summed E-state index contributed by atoms with van der Waals surface area (Å²) < 4.78 is 5.28. The Bertz CT molecular complexity index is 518. The van der Waals surface area contributed by atoms with E-state index in [1.54, 1.807) is 0 Å². The largest absolute Gasteiger partial charge is 0.479 e. The van der Waals surface area contributed by atoms with Gasteiger partial charge in [0.15, 0.2) is 6.10 Å². The van der Waals surface area contributed by atoms with E-state index in [1.807, 2.05) is 0 Å². The molecule has 108 valence electrons. The van der Waals surface area contributed by atoms with Crippen LogP contribution in [0, 0.1) is 0 Å². The highest BCUT2D eigenvalue weighted by Crippen LogP contribution is 2.19. The lowest BCUT2D eigenvalue weighted by atomic mass is 10.2. The number of rotatable bonds is 4. The van der Waals surface area contributed by atoms with E-state index in [1.165, 1.54) is 12.1 Å². The Labute approximate surface area is 125 Å². The summed E-state index contributed by atoms with van der Waals surface area (Å²) >= 11 is 11.4. The summed E-state index contributed by atoms with van der Waals surface area (Å²) in [5, 5.41) is 11.7. The van der Waals surface area contributed by atoms with Crippen LogP contribution in [0.5, 0.6) is 0 Å². The average Bonchev–Trinajstić information content (AvgIpc) is 2.83. The van der Waals surface area contributed by atoms with E-state index in [-0.39, 0.29) is 28.9 Å². The third kappa shape index (κ3) is 3.82. The van der Waals surface area contributed by atoms with Gasteiger partial charge in [0, 0.05) is 12.1 Å². The molecule has 0 aromatic carbocycles. The van der Waals surface area contributed by atoms with Crippen molar-refractivity contribution >= 4 is 35.1 Å². The molecule has 2 unspecified atom stereocenters. The summed E-state index contributed by atoms with van der Waals surface area (Å²) in [5.74, 6) is -1.34. The summed E-state index contributed by atoms with van der Waals surface area (Å²) in [4.78, 5) is 26.4. The fourth-order valence-electron chi connectivity index (χ4n) is 1.94. The van der Waals surface area contributed by atoms with E-state index >= 15 is 0 Å². The summed E-state index contributed by atoms with van der Waals surface area (Å²) in [6.07, 6.45) is -0.0488. The van der Waals surface area contributed by atoms with E-state index in [0.717, 1.165) is 0 Å². The number of aliphatic carboxylic acids is 1. The SMILES string of the molecule is O=C(NCC1CCC(C(=O)O)O1)c1cc(Cl)nc(Cl)c1. The van der Waals surface area contributed by atoms with E-state index in [2.05, 4.69) is 10.3 Å². The van der Waals surface area contributed by atoms with Crippen LogP contribution in [-0.2, 0) is 9.53 Å². The molecule has 20 heavy (non-hydrogen) atoms. The highest BCUT2D eigenvalue weighted by atomic mass is 35.5. The van der Waals surface area contributed by atoms with Crippen LogP contribution >= 0.6 is 23.2 Å². The summed E-state index contributed by atoms with van der Waals surface area (Å²) in [7, 11) is 0. The number of carboxylic acid groups (broad SMARTS) is 1. The van der Waals surface area contributed by atoms with Gasteiger partial charge in [-0.3, -0.25) is 4.79 Å². The molecule has 1 saturated heterocycles. The number of ether oxygens (including phenoxy) is 1. The highest BCUT2D eigenvalue weighted by molar-refractivity contribution is 6.33. The molecule has 1 fully saturated rings. The first-order valence-corrected chi connectivity index (χ1v) is 6.71. The molecule has 2 rings (SSSR count). The Morgan fingerprint density at radius 3 is 2.55 bits per heavy atom. The second-order valence-corrected chi connectivity index (χ2v) is 5.15. The number of nitrogens with one attached hydrogen (secondary N) is 1. The van der Waals surface area contributed by atoms with Gasteiger partial charge in [-0.1, -0.05) is 23.2 Å². The zero-order chi connectivity index (χ0) is 14.7. The summed E-state index contributed by atoms with van der Waals surface area (Å²) in [6, 6.07) is 2.80. The van der Waals surface area contributed by atoms with E-state index in [4.69, 9.17) is 33.0 Å². The number of pyridine rings is 1. The molecule has 0 aliphatic carbocycles. The number of hydrogen-bond donors (Lipinski definition) is 2. The van der Waals surface area contributed by atoms with Crippen LogP contribution in [0.2, 0.25) is 10.3 Å². The Morgan fingerprint density at radius 2 is 2.00 bits per heavy atom. The van der Waals surface area contributed by atoms with Gasteiger partial charge in [0.05, 0.1) is 6.10 Å². The quantitative estimate of drug-likeness (QED) is 0.826. The molecule has 0 radical (unpaired) electrons. The monoisotopic (exact) mass is 318 g/mol. The van der Waals surface area contributed by atoms with Gasteiger partial charge in [-0.05, 0) is 25.0 Å². The van der Waals surface area contributed by atoms with Crippen molar-refractivity contribution in [3.05, 3.63) is 28.0 Å². The Kier molecular flexibility index (Phi) is 4.80. The molecule has 1 aromatic heterocycles. The normalized spacial score (nSPS) is 21.7. The number of halogens is 2. The van der Waals surface area contributed by atoms with Crippen molar-refractivity contribution in [3.8, 4) is 0 Å². The van der Waals surface area contributed by atoms with E-state index < -0.39 is 12.1 Å². The van der Waals surface area contributed by atoms with Gasteiger partial charge in [0.2, 0.25) is 0 Å². The Balaban J connectivity index is 1.88. The molecular formula is C12H12Cl2N2O4. The minimum atomic E-state index is -0.980. The minimum absolute atomic E-state index is 0.130. The summed E-state index contributed by atoms with van der Waals surface area (Å²) in [5.41, 5.74) is 0.294. The predicted octanol–water partition coefficient (Wildman–Crippen LogP) is 1.75. The topological polar surface area (TPSA) is 88.5 Å². The van der Waals surface area contributed by atoms with Crippen LogP contribution < -0.4 is 5.32 Å². The average molecular weight is 319 g/mol. The van der Waals surface area contributed by atoms with Gasteiger partial charge < -0.3 is 15.2 Å². The zero-order valence-corrected chi connectivity index (χ0v) is 11.8. The molecule has 2 N–H and O–H groups in total. The van der Waals surface area contributed by atoms with Crippen molar-refractivity contribution in [2.24, 2.45) is 0 Å². The molecule has 1 aliphatic heterocycles. The number of hydrogen-bond acceptors (Lipinski definition) is 4. The lowest BCUT2D eigenvalue weighted by Gasteiger charge is -2.12. The first-order valence-electron chi connectivity index (χ1n) is 5.95. The molecule has 1 aromatic rings. The van der Waals surface area contributed by atoms with Gasteiger partial charge >= 0.3 is 5.97 Å². The number of aromatic nitrogens is 1. The zero-order valence-electron chi connectivity index (χ0n) is 10.3. The second kappa shape index (κ2) is 6.39. The van der Waals surface area contributed by atoms with Gasteiger partial charge in [0.1, 0.15) is 10.3 Å². The highest BCUT2D eigenvalue weighted by Gasteiger charge is 2.30. The Hall–Kier alpha value is -1.37. The van der Waals surface area contributed by atoms with Crippen LogP contribution in [0.25, 0.3) is 0 Å². The minimum Gasteiger partial charge on any atom is -0.479 e. The fourth-order valence-corrected chi connectivity index (χ4v) is 2.40. The van der Waals surface area contributed by atoms with E-state index in [9.17, 15) is 9.59 Å². The molecule has 1 amide bonds. The predicted molar refractivity (Wildman–Crippen MR) is 72.1 cm³/mol. The molecule has 8 heteroatoms. The van der Waals surface area contributed by atoms with Gasteiger partial charge in [0.25, 0.3) is 5.91 Å². The van der Waals surface area contributed by atoms with Crippen molar-refractivity contribution in [2.75, 3.05) is 6.54 Å². The van der Waals surface area contributed by atoms with Crippen LogP contribution in [0.4, 0.5) is 0 Å². The summed E-state index contributed by atoms with van der Waals surface area (Å²) in [6.45, 7) is 0.236. The van der Waals surface area contributed by atoms with Crippen molar-refractivity contribution in [2.45, 2.75) is 25.0 Å². The molecule has 6 nitrogen and oxygen atoms in total. The number of nitrogens with zero attached hydrogens (tertiary/aromatic N) is 1. The van der Waals surface area contributed by atoms with Crippen LogP contribution in [0.1, 0.15) is 23.2 Å². The number of amides is 1. The smallest absolute Gasteiger partial charge is 0.332 e. The first kappa shape index (κ1) is 15.0. The van der Waals surface area contributed by atoms with Crippen LogP contribution in [0.3, 0.4) is 0 Å². The standard InChI is InChI=1S/C12H12Cl2N2O4/c13-9-3-6(4-10(14)16-9)11(17)15-5-7-1-2-8(20-7)12(18)19/h3-4,7-8H,1-2,5H2,(H,15,17)(H,18,19). The number of carboxylic acids is 1. The molecule has 0 spiro atoms. The third-order valence-corrected chi connectivity index (χ3v) is 3.29. The van der Waals surface area contributed by atoms with Gasteiger partial charge in [-0.15, -0.1) is 0 Å². The van der Waals surface area contributed by atoms with Crippen molar-refractivity contribution in [1.29, 1.82) is 0 Å². The van der Waals surface area contributed by atoms with Gasteiger partial charge in [-0.25, -0.2) is 9.78 Å². The van der Waals surface area contributed by atoms with Crippen LogP contribution in [0.15, 0.2) is 12.1 Å². The van der Waals surface area contributed by atoms with Crippen molar-refractivity contribution in [3.63, 3.8) is 0 Å². The maximum atomic E-state index is 11.9. The fraction of sp³-hybridized carbons (Fsp3) is 0.417. The first-order chi connectivity index (χ1) is 9.45. The molecule has 2 heterocycles. The maximum Gasteiger partial charge on any atom is 0.332 e. The maximum absolute atomic E-state index is 11.9.